The normalized spacial score (nSPS) is 11.2. The van der Waals surface area contributed by atoms with Gasteiger partial charge in [-0.3, -0.25) is 5.43 Å². The van der Waals surface area contributed by atoms with E-state index in [9.17, 15) is 5.11 Å². The second kappa shape index (κ2) is 7.61. The number of rotatable bonds is 5. The number of para-hydroxylation sites is 1. The Balaban J connectivity index is 1.66. The molecule has 140 valence electrons. The van der Waals surface area contributed by atoms with Crippen molar-refractivity contribution in [3.05, 3.63) is 58.1 Å². The summed E-state index contributed by atoms with van der Waals surface area (Å²) in [7, 11) is 0. The second-order valence-corrected chi connectivity index (χ2v) is 6.76. The summed E-state index contributed by atoms with van der Waals surface area (Å²) in [6.45, 7) is 1.98. The van der Waals surface area contributed by atoms with Gasteiger partial charge in [0.1, 0.15) is 5.75 Å². The Kier molecular flexibility index (Phi) is 4.85. The number of halogens is 1. The van der Waals surface area contributed by atoms with E-state index in [0.29, 0.717) is 17.2 Å². The van der Waals surface area contributed by atoms with Gasteiger partial charge in [0.25, 0.3) is 0 Å². The Bertz CT molecular complexity index is 1180. The molecule has 0 saturated carbocycles. The maximum absolute atomic E-state index is 9.91. The molecule has 2 aromatic heterocycles. The number of benzene rings is 2. The number of fused-ring (bicyclic) bond motifs is 1. The van der Waals surface area contributed by atoms with Crippen molar-refractivity contribution in [3.8, 4) is 5.75 Å². The Morgan fingerprint density at radius 1 is 1.07 bits per heavy atom. The first kappa shape index (κ1) is 17.9. The van der Waals surface area contributed by atoms with Crippen LogP contribution in [0.25, 0.3) is 11.3 Å². The summed E-state index contributed by atoms with van der Waals surface area (Å²) < 4.78 is 5.52. The molecule has 0 unspecified atom stereocenters. The van der Waals surface area contributed by atoms with Crippen molar-refractivity contribution >= 4 is 50.8 Å². The van der Waals surface area contributed by atoms with Gasteiger partial charge >= 0.3 is 0 Å². The van der Waals surface area contributed by atoms with Crippen molar-refractivity contribution in [1.82, 2.24) is 20.3 Å². The number of hydrogen-bond donors (Lipinski definition) is 3. The monoisotopic (exact) mass is 439 g/mol. The van der Waals surface area contributed by atoms with Crippen molar-refractivity contribution in [3.63, 3.8) is 0 Å². The Morgan fingerprint density at radius 2 is 1.82 bits per heavy atom. The number of hydrazone groups is 1. The lowest BCUT2D eigenvalue weighted by atomic mass is 10.2. The van der Waals surface area contributed by atoms with Crippen LogP contribution in [-0.4, -0.2) is 31.6 Å². The molecule has 9 nitrogen and oxygen atoms in total. The van der Waals surface area contributed by atoms with Crippen LogP contribution in [0.2, 0.25) is 0 Å². The number of nitrogens with zero attached hydrogens (tertiary/aromatic N) is 5. The average Bonchev–Trinajstić information content (AvgIpc) is 3.13. The zero-order valence-corrected chi connectivity index (χ0v) is 16.2. The van der Waals surface area contributed by atoms with Gasteiger partial charge in [-0.2, -0.15) is 10.1 Å². The van der Waals surface area contributed by atoms with Crippen molar-refractivity contribution in [2.75, 3.05) is 10.7 Å². The molecule has 2 heterocycles. The molecule has 0 saturated heterocycles. The highest BCUT2D eigenvalue weighted by atomic mass is 79.9. The Labute approximate surface area is 167 Å². The lowest BCUT2D eigenvalue weighted by Crippen LogP contribution is -2.04. The molecular weight excluding hydrogens is 426 g/mol. The maximum Gasteiger partial charge on any atom is 0.245 e. The number of hydrogen-bond acceptors (Lipinski definition) is 9. The van der Waals surface area contributed by atoms with Gasteiger partial charge in [-0.05, 0) is 47.1 Å². The smallest absolute Gasteiger partial charge is 0.245 e. The van der Waals surface area contributed by atoms with Crippen LogP contribution in [0.15, 0.2) is 56.7 Å². The summed E-state index contributed by atoms with van der Waals surface area (Å²) in [6, 6.07) is 12.8. The molecule has 0 radical (unpaired) electrons. The van der Waals surface area contributed by atoms with E-state index in [2.05, 4.69) is 52.1 Å². The van der Waals surface area contributed by atoms with Crippen molar-refractivity contribution in [1.29, 1.82) is 0 Å². The molecule has 4 aromatic rings. The average molecular weight is 440 g/mol. The highest BCUT2D eigenvalue weighted by Crippen LogP contribution is 2.26. The van der Waals surface area contributed by atoms with Crippen LogP contribution in [0, 0.1) is 6.92 Å². The summed E-state index contributed by atoms with van der Waals surface area (Å²) in [6.07, 6.45) is 1.48. The molecule has 10 heteroatoms. The van der Waals surface area contributed by atoms with E-state index >= 15 is 0 Å². The predicted molar refractivity (Wildman–Crippen MR) is 109 cm³/mol. The van der Waals surface area contributed by atoms with Crippen LogP contribution in [0.1, 0.15) is 11.1 Å². The van der Waals surface area contributed by atoms with E-state index < -0.39 is 0 Å². The fraction of sp³-hybridized carbons (Fsp3) is 0.0556. The fourth-order valence-electron chi connectivity index (χ4n) is 2.44. The molecule has 0 aliphatic carbocycles. The summed E-state index contributed by atoms with van der Waals surface area (Å²) in [5, 5.41) is 24.7. The van der Waals surface area contributed by atoms with Gasteiger partial charge in [0, 0.05) is 15.7 Å². The van der Waals surface area contributed by atoms with E-state index in [4.69, 9.17) is 4.63 Å². The summed E-state index contributed by atoms with van der Waals surface area (Å²) >= 11 is 3.36. The zero-order chi connectivity index (χ0) is 19.5. The third-order valence-corrected chi connectivity index (χ3v) is 4.37. The van der Waals surface area contributed by atoms with Gasteiger partial charge in [-0.25, -0.2) is 9.61 Å². The number of phenolic OH excluding ortho intramolecular Hbond substituents is 1. The predicted octanol–water partition coefficient (Wildman–Crippen LogP) is 3.98. The molecular formula is C18H14BrN7O2. The SMILES string of the molecule is Cc1ccccc1Nc1nc2nonc2nc1N/N=C/c1cc(Br)ccc1O. The van der Waals surface area contributed by atoms with Gasteiger partial charge < -0.3 is 10.4 Å². The number of anilines is 3. The topological polar surface area (TPSA) is 121 Å². The first-order chi connectivity index (χ1) is 13.6. The minimum absolute atomic E-state index is 0.106. The Hall–Kier alpha value is -3.53. The number of nitrogens with one attached hydrogen (secondary N) is 2. The number of phenols is 1. The zero-order valence-electron chi connectivity index (χ0n) is 14.6. The van der Waals surface area contributed by atoms with Crippen molar-refractivity contribution in [2.45, 2.75) is 6.92 Å². The number of aryl methyl sites for hydroxylation is 1. The van der Waals surface area contributed by atoms with Gasteiger partial charge in [0.15, 0.2) is 11.6 Å². The highest BCUT2D eigenvalue weighted by Gasteiger charge is 2.13. The molecule has 0 fully saturated rings. The van der Waals surface area contributed by atoms with Crippen LogP contribution >= 0.6 is 15.9 Å². The van der Waals surface area contributed by atoms with Crippen molar-refractivity contribution < 1.29 is 9.74 Å². The van der Waals surface area contributed by atoms with Gasteiger partial charge in [-0.15, -0.1) is 0 Å². The third-order valence-electron chi connectivity index (χ3n) is 3.88. The Morgan fingerprint density at radius 3 is 2.61 bits per heavy atom. The summed E-state index contributed by atoms with van der Waals surface area (Å²) in [5.41, 5.74) is 5.79. The van der Waals surface area contributed by atoms with Crippen LogP contribution < -0.4 is 10.7 Å². The summed E-state index contributed by atoms with van der Waals surface area (Å²) in [4.78, 5) is 8.74. The standard InChI is InChI=1S/C18H14BrN7O2/c1-10-4-2-3-5-13(10)21-15-16(23-18-17(22-15)25-28-26-18)24-20-9-11-8-12(19)6-7-14(11)27/h2-9,27H,1H3,(H,21,22,25)(H,23,24,26)/b20-9+. The molecule has 3 N–H and O–H groups in total. The molecule has 0 aliphatic rings. The maximum atomic E-state index is 9.91. The van der Waals surface area contributed by atoms with Crippen LogP contribution in [0.5, 0.6) is 5.75 Å². The number of aromatic nitrogens is 4. The van der Waals surface area contributed by atoms with E-state index in [-0.39, 0.29) is 17.0 Å². The lowest BCUT2D eigenvalue weighted by molar-refractivity contribution is 0.314. The lowest BCUT2D eigenvalue weighted by Gasteiger charge is -2.11. The van der Waals surface area contributed by atoms with Crippen LogP contribution in [0.3, 0.4) is 0 Å². The molecule has 0 amide bonds. The van der Waals surface area contributed by atoms with Crippen molar-refractivity contribution in [2.24, 2.45) is 5.10 Å². The third kappa shape index (κ3) is 3.76. The van der Waals surface area contributed by atoms with Gasteiger partial charge in [-0.1, -0.05) is 34.1 Å². The molecule has 2 aromatic carbocycles. The molecule has 0 bridgehead atoms. The van der Waals surface area contributed by atoms with E-state index in [1.807, 2.05) is 31.2 Å². The van der Waals surface area contributed by atoms with E-state index in [0.717, 1.165) is 15.7 Å². The second-order valence-electron chi connectivity index (χ2n) is 5.85. The van der Waals surface area contributed by atoms with Crippen LogP contribution in [-0.2, 0) is 0 Å². The quantitative estimate of drug-likeness (QED) is 0.315. The number of aromatic hydroxyl groups is 1. The largest absolute Gasteiger partial charge is 0.507 e. The molecule has 28 heavy (non-hydrogen) atoms. The molecule has 0 aliphatic heterocycles. The molecule has 0 spiro atoms. The first-order valence-electron chi connectivity index (χ1n) is 8.21. The fourth-order valence-corrected chi connectivity index (χ4v) is 2.81. The van der Waals surface area contributed by atoms with Gasteiger partial charge in [0.05, 0.1) is 6.21 Å². The van der Waals surface area contributed by atoms with Crippen LogP contribution in [0.4, 0.5) is 17.3 Å². The molecule has 4 rings (SSSR count). The van der Waals surface area contributed by atoms with E-state index in [1.165, 1.54) is 6.21 Å². The minimum atomic E-state index is 0.106. The van der Waals surface area contributed by atoms with Gasteiger partial charge in [0.2, 0.25) is 11.3 Å². The minimum Gasteiger partial charge on any atom is -0.507 e. The van der Waals surface area contributed by atoms with E-state index in [1.54, 1.807) is 18.2 Å². The summed E-state index contributed by atoms with van der Waals surface area (Å²) in [5.74, 6) is 0.847. The molecule has 0 atom stereocenters. The first-order valence-corrected chi connectivity index (χ1v) is 9.00. The highest BCUT2D eigenvalue weighted by molar-refractivity contribution is 9.10.